The second-order valence-electron chi connectivity index (χ2n) is 5.53. The molecule has 1 saturated heterocycles. The quantitative estimate of drug-likeness (QED) is 0.855. The summed E-state index contributed by atoms with van der Waals surface area (Å²) in [6.45, 7) is 2.61. The molecule has 25 heavy (non-hydrogen) atoms. The van der Waals surface area contributed by atoms with Gasteiger partial charge in [0, 0.05) is 18.1 Å². The number of morpholine rings is 1. The Morgan fingerprint density at radius 1 is 1.16 bits per heavy atom. The van der Waals surface area contributed by atoms with Gasteiger partial charge in [-0.2, -0.15) is 0 Å². The molecule has 0 bridgehead atoms. The molecule has 0 unspecified atom stereocenters. The van der Waals surface area contributed by atoms with Gasteiger partial charge in [-0.05, 0) is 30.3 Å². The Labute approximate surface area is 156 Å². The van der Waals surface area contributed by atoms with E-state index in [1.807, 2.05) is 12.1 Å². The maximum absolute atomic E-state index is 12.3. The van der Waals surface area contributed by atoms with E-state index in [0.29, 0.717) is 34.7 Å². The van der Waals surface area contributed by atoms with E-state index in [-0.39, 0.29) is 12.5 Å². The summed E-state index contributed by atoms with van der Waals surface area (Å²) in [5.41, 5.74) is 1.47. The third-order valence-corrected chi connectivity index (χ3v) is 4.29. The third-order valence-electron chi connectivity index (χ3n) is 3.75. The topological polar surface area (TPSA) is 50.8 Å². The van der Waals surface area contributed by atoms with Crippen molar-refractivity contribution in [2.75, 3.05) is 43.1 Å². The van der Waals surface area contributed by atoms with Crippen molar-refractivity contribution in [3.05, 3.63) is 52.5 Å². The third kappa shape index (κ3) is 4.78. The molecule has 0 saturated carbocycles. The zero-order valence-electron chi connectivity index (χ0n) is 13.5. The Balaban J connectivity index is 1.67. The molecule has 0 aromatic heterocycles. The van der Waals surface area contributed by atoms with Crippen molar-refractivity contribution in [3.63, 3.8) is 0 Å². The van der Waals surface area contributed by atoms with Crippen molar-refractivity contribution in [2.24, 2.45) is 0 Å². The molecule has 5 nitrogen and oxygen atoms in total. The highest BCUT2D eigenvalue weighted by Gasteiger charge is 2.19. The summed E-state index contributed by atoms with van der Waals surface area (Å²) >= 11 is 12.3. The fraction of sp³-hybridized carbons (Fsp3) is 0.278. The normalized spacial score (nSPS) is 14.2. The van der Waals surface area contributed by atoms with Crippen molar-refractivity contribution in [1.29, 1.82) is 0 Å². The van der Waals surface area contributed by atoms with Crippen molar-refractivity contribution < 1.29 is 14.3 Å². The minimum absolute atomic E-state index is 0.116. The predicted molar refractivity (Wildman–Crippen MR) is 100 cm³/mol. The van der Waals surface area contributed by atoms with Crippen LogP contribution in [0.4, 0.5) is 11.4 Å². The Hall–Kier alpha value is -1.95. The first-order chi connectivity index (χ1) is 12.1. The van der Waals surface area contributed by atoms with Crippen LogP contribution in [-0.2, 0) is 9.53 Å². The van der Waals surface area contributed by atoms with E-state index in [4.69, 9.17) is 32.7 Å². The zero-order valence-corrected chi connectivity index (χ0v) is 15.0. The molecule has 1 N–H and O–H groups in total. The number of halogens is 2. The molecule has 1 fully saturated rings. The Morgan fingerprint density at radius 3 is 2.68 bits per heavy atom. The molecule has 1 aliphatic heterocycles. The Bertz CT molecular complexity index is 749. The highest BCUT2D eigenvalue weighted by molar-refractivity contribution is 6.34. The second-order valence-corrected chi connectivity index (χ2v) is 6.37. The van der Waals surface area contributed by atoms with Gasteiger partial charge in [0.25, 0.3) is 5.91 Å². The summed E-state index contributed by atoms with van der Waals surface area (Å²) in [5, 5.41) is 4.02. The van der Waals surface area contributed by atoms with Crippen LogP contribution < -0.4 is 15.0 Å². The molecule has 0 radical (unpaired) electrons. The zero-order chi connectivity index (χ0) is 17.6. The summed E-state index contributed by atoms with van der Waals surface area (Å²) in [6, 6.07) is 12.4. The minimum atomic E-state index is -0.267. The summed E-state index contributed by atoms with van der Waals surface area (Å²) in [7, 11) is 0. The van der Waals surface area contributed by atoms with E-state index in [9.17, 15) is 4.79 Å². The lowest BCUT2D eigenvalue weighted by molar-refractivity contribution is -0.118. The monoisotopic (exact) mass is 380 g/mol. The van der Waals surface area contributed by atoms with Crippen LogP contribution in [0, 0.1) is 0 Å². The summed E-state index contributed by atoms with van der Waals surface area (Å²) in [6.07, 6.45) is 0. The minimum Gasteiger partial charge on any atom is -0.484 e. The van der Waals surface area contributed by atoms with Gasteiger partial charge in [0.05, 0.1) is 29.6 Å². The number of carbonyl (C=O) groups is 1. The van der Waals surface area contributed by atoms with Crippen LogP contribution in [0.2, 0.25) is 10.0 Å². The van der Waals surface area contributed by atoms with Gasteiger partial charge in [-0.25, -0.2) is 0 Å². The van der Waals surface area contributed by atoms with Gasteiger partial charge in [0.1, 0.15) is 5.75 Å². The SMILES string of the molecule is O=C(COc1cccc(Cl)c1)Nc1cccc(Cl)c1N1CCOCC1. The van der Waals surface area contributed by atoms with E-state index < -0.39 is 0 Å². The van der Waals surface area contributed by atoms with Gasteiger partial charge in [0.2, 0.25) is 0 Å². The van der Waals surface area contributed by atoms with E-state index in [1.165, 1.54) is 0 Å². The molecule has 2 aromatic carbocycles. The van der Waals surface area contributed by atoms with Gasteiger partial charge in [0.15, 0.2) is 6.61 Å². The fourth-order valence-electron chi connectivity index (χ4n) is 2.62. The summed E-state index contributed by atoms with van der Waals surface area (Å²) in [4.78, 5) is 14.4. The highest BCUT2D eigenvalue weighted by Crippen LogP contribution is 2.34. The number of hydrogen-bond donors (Lipinski definition) is 1. The molecule has 1 heterocycles. The van der Waals surface area contributed by atoms with E-state index in [0.717, 1.165) is 18.8 Å². The van der Waals surface area contributed by atoms with Crippen LogP contribution in [0.15, 0.2) is 42.5 Å². The second kappa shape index (κ2) is 8.43. The molecular formula is C18H18Cl2N2O3. The first-order valence-corrected chi connectivity index (χ1v) is 8.68. The van der Waals surface area contributed by atoms with E-state index >= 15 is 0 Å². The van der Waals surface area contributed by atoms with Gasteiger partial charge >= 0.3 is 0 Å². The summed E-state index contributed by atoms with van der Waals surface area (Å²) in [5.74, 6) is 0.277. The standard InChI is InChI=1S/C18H18Cl2N2O3/c19-13-3-1-4-14(11-13)25-12-17(23)21-16-6-2-5-15(20)18(16)22-7-9-24-10-8-22/h1-6,11H,7-10,12H2,(H,21,23). The number of nitrogens with one attached hydrogen (secondary N) is 1. The smallest absolute Gasteiger partial charge is 0.262 e. The first-order valence-electron chi connectivity index (χ1n) is 7.93. The lowest BCUT2D eigenvalue weighted by atomic mass is 10.2. The number of nitrogens with zero attached hydrogens (tertiary/aromatic N) is 1. The fourth-order valence-corrected chi connectivity index (χ4v) is 3.09. The van der Waals surface area contributed by atoms with Crippen LogP contribution in [-0.4, -0.2) is 38.8 Å². The van der Waals surface area contributed by atoms with Crippen LogP contribution in [0.25, 0.3) is 0 Å². The molecule has 7 heteroatoms. The van der Waals surface area contributed by atoms with Crippen molar-refractivity contribution in [2.45, 2.75) is 0 Å². The maximum atomic E-state index is 12.3. The van der Waals surface area contributed by atoms with Crippen molar-refractivity contribution in [3.8, 4) is 5.75 Å². The average molecular weight is 381 g/mol. The lowest BCUT2D eigenvalue weighted by Gasteiger charge is -2.31. The molecule has 0 aliphatic carbocycles. The molecule has 132 valence electrons. The molecular weight excluding hydrogens is 363 g/mol. The van der Waals surface area contributed by atoms with Crippen LogP contribution in [0.5, 0.6) is 5.75 Å². The summed E-state index contributed by atoms with van der Waals surface area (Å²) < 4.78 is 10.8. The number of carbonyl (C=O) groups excluding carboxylic acids is 1. The average Bonchev–Trinajstić information content (AvgIpc) is 2.61. The first kappa shape index (κ1) is 17.9. The maximum Gasteiger partial charge on any atom is 0.262 e. The number of rotatable bonds is 5. The van der Waals surface area contributed by atoms with Gasteiger partial charge < -0.3 is 19.7 Å². The van der Waals surface area contributed by atoms with Gasteiger partial charge in [-0.3, -0.25) is 4.79 Å². The molecule has 3 rings (SSSR count). The Kier molecular flexibility index (Phi) is 6.02. The number of benzene rings is 2. The molecule has 1 aliphatic rings. The molecule has 1 amide bonds. The van der Waals surface area contributed by atoms with Crippen LogP contribution in [0.3, 0.4) is 0 Å². The number of ether oxygens (including phenoxy) is 2. The van der Waals surface area contributed by atoms with Crippen LogP contribution >= 0.6 is 23.2 Å². The molecule has 2 aromatic rings. The number of amides is 1. The molecule has 0 spiro atoms. The number of anilines is 2. The van der Waals surface area contributed by atoms with Crippen molar-refractivity contribution >= 4 is 40.5 Å². The van der Waals surface area contributed by atoms with Gasteiger partial charge in [-0.1, -0.05) is 35.3 Å². The highest BCUT2D eigenvalue weighted by atomic mass is 35.5. The van der Waals surface area contributed by atoms with Gasteiger partial charge in [-0.15, -0.1) is 0 Å². The lowest BCUT2D eigenvalue weighted by Crippen LogP contribution is -2.37. The van der Waals surface area contributed by atoms with E-state index in [1.54, 1.807) is 30.3 Å². The Morgan fingerprint density at radius 2 is 1.92 bits per heavy atom. The predicted octanol–water partition coefficient (Wildman–Crippen LogP) is 3.85. The number of hydrogen-bond acceptors (Lipinski definition) is 4. The number of para-hydroxylation sites is 1. The largest absolute Gasteiger partial charge is 0.484 e. The van der Waals surface area contributed by atoms with E-state index in [2.05, 4.69) is 10.2 Å². The van der Waals surface area contributed by atoms with Crippen molar-refractivity contribution in [1.82, 2.24) is 0 Å². The van der Waals surface area contributed by atoms with Crippen LogP contribution in [0.1, 0.15) is 0 Å². The molecule has 0 atom stereocenters.